The number of anilines is 3. The van der Waals surface area contributed by atoms with E-state index in [2.05, 4.69) is 10.3 Å². The Balaban J connectivity index is 2.07. The van der Waals surface area contributed by atoms with Gasteiger partial charge in [0.2, 0.25) is 0 Å². The van der Waals surface area contributed by atoms with Crippen molar-refractivity contribution in [2.45, 2.75) is 0 Å². The number of benzene rings is 2. The number of methoxy groups -OCH3 is 1. The molecule has 0 unspecified atom stereocenters. The first-order valence-corrected chi connectivity index (χ1v) is 6.43. The lowest BCUT2D eigenvalue weighted by Gasteiger charge is -2.13. The summed E-state index contributed by atoms with van der Waals surface area (Å²) in [6.07, 6.45) is 1.60. The van der Waals surface area contributed by atoms with Crippen LogP contribution in [0, 0.1) is 5.82 Å². The van der Waals surface area contributed by atoms with Gasteiger partial charge >= 0.3 is 0 Å². The molecule has 106 valence electrons. The molecule has 5 heteroatoms. The molecule has 0 spiro atoms. The lowest BCUT2D eigenvalue weighted by Crippen LogP contribution is -1.99. The Bertz CT molecular complexity index is 805. The highest BCUT2D eigenvalue weighted by atomic mass is 19.1. The molecule has 3 N–H and O–H groups in total. The molecule has 3 aromatic rings. The standard InChI is InChI=1S/C16H14FN3O/c1-21-15-8-10(6-7-12(15)17)20-16-11-4-2-3-5-14(11)19-9-13(16)18/h2-9H,18H2,1H3,(H,19,20). The van der Waals surface area contributed by atoms with E-state index in [1.807, 2.05) is 24.3 Å². The van der Waals surface area contributed by atoms with Crippen LogP contribution in [-0.4, -0.2) is 12.1 Å². The van der Waals surface area contributed by atoms with E-state index in [9.17, 15) is 4.39 Å². The van der Waals surface area contributed by atoms with E-state index in [1.165, 1.54) is 13.2 Å². The zero-order chi connectivity index (χ0) is 14.8. The van der Waals surface area contributed by atoms with Gasteiger partial charge in [-0.1, -0.05) is 18.2 Å². The van der Waals surface area contributed by atoms with Crippen LogP contribution in [0.5, 0.6) is 5.75 Å². The third kappa shape index (κ3) is 2.45. The number of aromatic nitrogens is 1. The summed E-state index contributed by atoms with van der Waals surface area (Å²) in [6, 6.07) is 12.2. The predicted molar refractivity (Wildman–Crippen MR) is 82.4 cm³/mol. The Hall–Kier alpha value is -2.82. The van der Waals surface area contributed by atoms with Crippen molar-refractivity contribution < 1.29 is 9.13 Å². The first-order chi connectivity index (χ1) is 10.2. The lowest BCUT2D eigenvalue weighted by molar-refractivity contribution is 0.387. The second kappa shape index (κ2) is 5.28. The van der Waals surface area contributed by atoms with Gasteiger partial charge in [0.1, 0.15) is 0 Å². The van der Waals surface area contributed by atoms with E-state index in [4.69, 9.17) is 10.5 Å². The molecule has 2 aromatic carbocycles. The Kier molecular flexibility index (Phi) is 3.31. The smallest absolute Gasteiger partial charge is 0.165 e. The molecule has 0 atom stereocenters. The normalized spacial score (nSPS) is 10.6. The molecule has 0 bridgehead atoms. The topological polar surface area (TPSA) is 60.2 Å². The molecule has 21 heavy (non-hydrogen) atoms. The minimum Gasteiger partial charge on any atom is -0.494 e. The van der Waals surface area contributed by atoms with Crippen LogP contribution in [0.1, 0.15) is 0 Å². The summed E-state index contributed by atoms with van der Waals surface area (Å²) in [4.78, 5) is 4.28. The number of nitrogen functional groups attached to an aromatic ring is 1. The molecule has 0 aliphatic heterocycles. The third-order valence-electron chi connectivity index (χ3n) is 3.23. The molecule has 0 aliphatic carbocycles. The Morgan fingerprint density at radius 1 is 1.19 bits per heavy atom. The summed E-state index contributed by atoms with van der Waals surface area (Å²) in [5, 5.41) is 4.11. The SMILES string of the molecule is COc1cc(Nc2c(N)cnc3ccccc23)ccc1F. The number of rotatable bonds is 3. The van der Waals surface area contributed by atoms with Crippen LogP contribution in [0.15, 0.2) is 48.7 Å². The van der Waals surface area contributed by atoms with Crippen molar-refractivity contribution in [1.29, 1.82) is 0 Å². The molecular formula is C16H14FN3O. The number of ether oxygens (including phenoxy) is 1. The van der Waals surface area contributed by atoms with E-state index in [0.717, 1.165) is 16.6 Å². The van der Waals surface area contributed by atoms with Gasteiger partial charge in [0.25, 0.3) is 0 Å². The van der Waals surface area contributed by atoms with Crippen LogP contribution >= 0.6 is 0 Å². The van der Waals surface area contributed by atoms with Crippen LogP contribution in [-0.2, 0) is 0 Å². The van der Waals surface area contributed by atoms with Crippen LogP contribution in [0.4, 0.5) is 21.5 Å². The number of para-hydroxylation sites is 1. The van der Waals surface area contributed by atoms with Crippen molar-refractivity contribution in [3.63, 3.8) is 0 Å². The molecule has 3 rings (SSSR count). The fourth-order valence-electron chi connectivity index (χ4n) is 2.18. The number of hydrogen-bond acceptors (Lipinski definition) is 4. The molecule has 4 nitrogen and oxygen atoms in total. The van der Waals surface area contributed by atoms with E-state index < -0.39 is 5.82 Å². The molecule has 0 amide bonds. The number of fused-ring (bicyclic) bond motifs is 1. The fraction of sp³-hybridized carbons (Fsp3) is 0.0625. The van der Waals surface area contributed by atoms with Crippen molar-refractivity contribution in [3.05, 3.63) is 54.5 Å². The number of halogens is 1. The lowest BCUT2D eigenvalue weighted by atomic mass is 10.1. The summed E-state index contributed by atoms with van der Waals surface area (Å²) >= 11 is 0. The zero-order valence-corrected chi connectivity index (χ0v) is 11.4. The zero-order valence-electron chi connectivity index (χ0n) is 11.4. The first-order valence-electron chi connectivity index (χ1n) is 6.43. The van der Waals surface area contributed by atoms with Gasteiger partial charge in [-0.3, -0.25) is 4.98 Å². The highest BCUT2D eigenvalue weighted by Gasteiger charge is 2.09. The van der Waals surface area contributed by atoms with Gasteiger partial charge in [0.15, 0.2) is 11.6 Å². The minimum atomic E-state index is -0.407. The Morgan fingerprint density at radius 3 is 2.81 bits per heavy atom. The summed E-state index contributed by atoms with van der Waals surface area (Å²) < 4.78 is 18.4. The van der Waals surface area contributed by atoms with Crippen LogP contribution < -0.4 is 15.8 Å². The average Bonchev–Trinajstić information content (AvgIpc) is 2.52. The molecule has 1 heterocycles. The second-order valence-electron chi connectivity index (χ2n) is 4.58. The van der Waals surface area contributed by atoms with Gasteiger partial charge in [0.05, 0.1) is 30.2 Å². The Labute approximate surface area is 121 Å². The molecule has 0 saturated carbocycles. The van der Waals surface area contributed by atoms with E-state index in [-0.39, 0.29) is 5.75 Å². The second-order valence-corrected chi connectivity index (χ2v) is 4.58. The van der Waals surface area contributed by atoms with Crippen molar-refractivity contribution in [3.8, 4) is 5.75 Å². The summed E-state index contributed by atoms with van der Waals surface area (Å²) in [5.74, 6) is -0.229. The maximum absolute atomic E-state index is 13.5. The molecule has 0 radical (unpaired) electrons. The van der Waals surface area contributed by atoms with E-state index in [1.54, 1.807) is 18.3 Å². The summed E-state index contributed by atoms with van der Waals surface area (Å²) in [7, 11) is 1.43. The minimum absolute atomic E-state index is 0.178. The number of nitrogens with two attached hydrogens (primary N) is 1. The first kappa shape index (κ1) is 13.2. The third-order valence-corrected chi connectivity index (χ3v) is 3.23. The molecule has 0 saturated heterocycles. The molecular weight excluding hydrogens is 269 g/mol. The summed E-state index contributed by atoms with van der Waals surface area (Å²) in [5.41, 5.74) is 8.80. The average molecular weight is 283 g/mol. The van der Waals surface area contributed by atoms with Gasteiger partial charge in [-0.15, -0.1) is 0 Å². The number of hydrogen-bond donors (Lipinski definition) is 2. The van der Waals surface area contributed by atoms with Crippen LogP contribution in [0.2, 0.25) is 0 Å². The quantitative estimate of drug-likeness (QED) is 0.769. The van der Waals surface area contributed by atoms with Gasteiger partial charge in [-0.25, -0.2) is 4.39 Å². The molecule has 1 aromatic heterocycles. The van der Waals surface area contributed by atoms with Crippen molar-refractivity contribution >= 4 is 28.0 Å². The fourth-order valence-corrected chi connectivity index (χ4v) is 2.18. The van der Waals surface area contributed by atoms with Crippen molar-refractivity contribution in [2.24, 2.45) is 0 Å². The maximum atomic E-state index is 13.5. The van der Waals surface area contributed by atoms with Crippen LogP contribution in [0.3, 0.4) is 0 Å². The van der Waals surface area contributed by atoms with E-state index >= 15 is 0 Å². The van der Waals surface area contributed by atoms with Crippen LogP contribution in [0.25, 0.3) is 10.9 Å². The highest BCUT2D eigenvalue weighted by molar-refractivity contribution is 5.98. The largest absolute Gasteiger partial charge is 0.494 e. The maximum Gasteiger partial charge on any atom is 0.165 e. The Morgan fingerprint density at radius 2 is 2.00 bits per heavy atom. The molecule has 0 aliphatic rings. The van der Waals surface area contributed by atoms with Crippen molar-refractivity contribution in [2.75, 3.05) is 18.2 Å². The number of nitrogens with zero attached hydrogens (tertiary/aromatic N) is 1. The molecule has 0 fully saturated rings. The van der Waals surface area contributed by atoms with Gasteiger partial charge in [0, 0.05) is 17.1 Å². The van der Waals surface area contributed by atoms with Gasteiger partial charge < -0.3 is 15.8 Å². The number of nitrogens with one attached hydrogen (secondary N) is 1. The number of pyridine rings is 1. The van der Waals surface area contributed by atoms with Gasteiger partial charge in [-0.2, -0.15) is 0 Å². The van der Waals surface area contributed by atoms with Gasteiger partial charge in [-0.05, 0) is 18.2 Å². The monoisotopic (exact) mass is 283 g/mol. The predicted octanol–water partition coefficient (Wildman–Crippen LogP) is 3.71. The van der Waals surface area contributed by atoms with E-state index in [0.29, 0.717) is 11.4 Å². The summed E-state index contributed by atoms with van der Waals surface area (Å²) in [6.45, 7) is 0. The highest BCUT2D eigenvalue weighted by Crippen LogP contribution is 2.32. The van der Waals surface area contributed by atoms with Crippen molar-refractivity contribution in [1.82, 2.24) is 4.98 Å².